The molecule has 1 aliphatic rings. The van der Waals surface area contributed by atoms with Gasteiger partial charge in [-0.1, -0.05) is 0 Å². The number of ether oxygens (including phenoxy) is 2. The monoisotopic (exact) mass is 333 g/mol. The molecule has 23 heavy (non-hydrogen) atoms. The fraction of sp³-hybridized carbons (Fsp3) is 0.375. The molecule has 1 aromatic heterocycles. The normalized spacial score (nSPS) is 14.7. The Labute approximate surface area is 139 Å². The maximum atomic E-state index is 12.7. The summed E-state index contributed by atoms with van der Waals surface area (Å²) < 4.78 is 10.5. The Morgan fingerprint density at radius 2 is 1.87 bits per heavy atom. The molecular formula is C16H19N3O3S. The molecule has 0 radical (unpaired) electrons. The molecule has 0 N–H and O–H groups in total. The van der Waals surface area contributed by atoms with E-state index in [0.29, 0.717) is 30.2 Å². The van der Waals surface area contributed by atoms with Gasteiger partial charge in [-0.05, 0) is 18.2 Å². The van der Waals surface area contributed by atoms with Gasteiger partial charge in [-0.3, -0.25) is 4.79 Å². The van der Waals surface area contributed by atoms with Crippen LogP contribution in [0.2, 0.25) is 0 Å². The number of carbonyl (C=O) groups is 1. The summed E-state index contributed by atoms with van der Waals surface area (Å²) in [6, 6.07) is 5.27. The number of piperazine rings is 1. The third kappa shape index (κ3) is 3.24. The lowest BCUT2D eigenvalue weighted by molar-refractivity contribution is 0.0746. The van der Waals surface area contributed by atoms with Crippen molar-refractivity contribution >= 4 is 22.4 Å². The first-order valence-electron chi connectivity index (χ1n) is 7.38. The van der Waals surface area contributed by atoms with Gasteiger partial charge < -0.3 is 19.3 Å². The van der Waals surface area contributed by atoms with Crippen molar-refractivity contribution in [3.05, 3.63) is 35.3 Å². The molecule has 3 rings (SSSR count). The minimum atomic E-state index is 0.0183. The van der Waals surface area contributed by atoms with Gasteiger partial charge in [0.25, 0.3) is 5.91 Å². The van der Waals surface area contributed by atoms with E-state index in [1.54, 1.807) is 50.0 Å². The van der Waals surface area contributed by atoms with E-state index in [2.05, 4.69) is 9.88 Å². The first-order chi connectivity index (χ1) is 11.2. The molecule has 7 heteroatoms. The molecule has 6 nitrogen and oxygen atoms in total. The lowest BCUT2D eigenvalue weighted by atomic mass is 10.1. The van der Waals surface area contributed by atoms with Crippen LogP contribution in [0.25, 0.3) is 0 Å². The zero-order valence-electron chi connectivity index (χ0n) is 13.2. The number of methoxy groups -OCH3 is 2. The largest absolute Gasteiger partial charge is 0.493 e. The highest BCUT2D eigenvalue weighted by atomic mass is 32.1. The highest BCUT2D eigenvalue weighted by molar-refractivity contribution is 7.13. The van der Waals surface area contributed by atoms with Crippen LogP contribution in [0, 0.1) is 0 Å². The Balaban J connectivity index is 1.67. The van der Waals surface area contributed by atoms with Crippen molar-refractivity contribution in [2.24, 2.45) is 0 Å². The first-order valence-corrected chi connectivity index (χ1v) is 8.26. The summed E-state index contributed by atoms with van der Waals surface area (Å²) in [5.74, 6) is 1.21. The van der Waals surface area contributed by atoms with E-state index in [9.17, 15) is 4.79 Å². The topological polar surface area (TPSA) is 54.9 Å². The van der Waals surface area contributed by atoms with Crippen molar-refractivity contribution in [3.8, 4) is 11.5 Å². The number of benzene rings is 1. The number of hydrogen-bond donors (Lipinski definition) is 0. The molecule has 0 bridgehead atoms. The van der Waals surface area contributed by atoms with Crippen molar-refractivity contribution in [2.45, 2.75) is 0 Å². The summed E-state index contributed by atoms with van der Waals surface area (Å²) in [7, 11) is 3.15. The quantitative estimate of drug-likeness (QED) is 0.858. The number of aromatic nitrogens is 1. The molecule has 1 amide bonds. The molecule has 1 saturated heterocycles. The number of thiazole rings is 1. The summed E-state index contributed by atoms with van der Waals surface area (Å²) in [5.41, 5.74) is 0.616. The molecule has 1 aromatic carbocycles. The van der Waals surface area contributed by atoms with Crippen LogP contribution in [0.3, 0.4) is 0 Å². The van der Waals surface area contributed by atoms with Crippen molar-refractivity contribution in [2.75, 3.05) is 45.3 Å². The van der Waals surface area contributed by atoms with Crippen LogP contribution >= 0.6 is 11.3 Å². The van der Waals surface area contributed by atoms with Gasteiger partial charge in [0.15, 0.2) is 16.6 Å². The molecule has 0 unspecified atom stereocenters. The zero-order valence-corrected chi connectivity index (χ0v) is 14.0. The summed E-state index contributed by atoms with van der Waals surface area (Å²) in [6.07, 6.45) is 1.81. The van der Waals surface area contributed by atoms with Crippen LogP contribution in [0.15, 0.2) is 29.8 Å². The Kier molecular flexibility index (Phi) is 4.66. The van der Waals surface area contributed by atoms with E-state index >= 15 is 0 Å². The van der Waals surface area contributed by atoms with Crippen LogP contribution in [0.5, 0.6) is 11.5 Å². The number of rotatable bonds is 4. The van der Waals surface area contributed by atoms with Gasteiger partial charge in [0.05, 0.1) is 14.2 Å². The Morgan fingerprint density at radius 3 is 2.48 bits per heavy atom. The summed E-state index contributed by atoms with van der Waals surface area (Å²) in [5, 5.41) is 2.99. The van der Waals surface area contributed by atoms with Crippen molar-refractivity contribution in [1.82, 2.24) is 9.88 Å². The summed E-state index contributed by atoms with van der Waals surface area (Å²) in [4.78, 5) is 21.1. The Hall–Kier alpha value is -2.28. The second-order valence-electron chi connectivity index (χ2n) is 5.16. The van der Waals surface area contributed by atoms with Crippen LogP contribution < -0.4 is 14.4 Å². The lowest BCUT2D eigenvalue weighted by Crippen LogP contribution is -2.48. The third-order valence-electron chi connectivity index (χ3n) is 3.89. The fourth-order valence-electron chi connectivity index (χ4n) is 2.62. The predicted octanol–water partition coefficient (Wildman–Crippen LogP) is 2.12. The highest BCUT2D eigenvalue weighted by Gasteiger charge is 2.24. The van der Waals surface area contributed by atoms with Crippen molar-refractivity contribution in [1.29, 1.82) is 0 Å². The Morgan fingerprint density at radius 1 is 1.13 bits per heavy atom. The van der Waals surface area contributed by atoms with Gasteiger partial charge in [-0.15, -0.1) is 11.3 Å². The average molecular weight is 333 g/mol. The van der Waals surface area contributed by atoms with E-state index in [1.807, 2.05) is 10.3 Å². The van der Waals surface area contributed by atoms with E-state index < -0.39 is 0 Å². The van der Waals surface area contributed by atoms with Gasteiger partial charge >= 0.3 is 0 Å². The molecule has 1 aliphatic heterocycles. The molecule has 0 saturated carbocycles. The van der Waals surface area contributed by atoms with Crippen LogP contribution in [-0.2, 0) is 0 Å². The SMILES string of the molecule is COc1ccc(C(=O)N2CCN(c3nccs3)CC2)cc1OC. The molecule has 1 fully saturated rings. The van der Waals surface area contributed by atoms with Gasteiger partial charge in [0.1, 0.15) is 0 Å². The third-order valence-corrected chi connectivity index (χ3v) is 4.72. The first kappa shape index (κ1) is 15.6. The molecular weight excluding hydrogens is 314 g/mol. The van der Waals surface area contributed by atoms with Gasteiger partial charge in [-0.25, -0.2) is 4.98 Å². The summed E-state index contributed by atoms with van der Waals surface area (Å²) >= 11 is 1.63. The fourth-order valence-corrected chi connectivity index (χ4v) is 3.32. The Bertz CT molecular complexity index is 667. The zero-order chi connectivity index (χ0) is 16.2. The van der Waals surface area contributed by atoms with E-state index in [1.165, 1.54) is 0 Å². The van der Waals surface area contributed by atoms with Crippen LogP contribution in [0.1, 0.15) is 10.4 Å². The lowest BCUT2D eigenvalue weighted by Gasteiger charge is -2.34. The molecule has 0 atom stereocenters. The van der Waals surface area contributed by atoms with E-state index in [4.69, 9.17) is 9.47 Å². The number of carbonyl (C=O) groups excluding carboxylic acids is 1. The average Bonchev–Trinajstić information content (AvgIpc) is 3.15. The predicted molar refractivity (Wildman–Crippen MR) is 89.8 cm³/mol. The van der Waals surface area contributed by atoms with Gasteiger partial charge in [0.2, 0.25) is 0 Å². The number of amides is 1. The molecule has 122 valence electrons. The number of anilines is 1. The number of nitrogens with zero attached hydrogens (tertiary/aromatic N) is 3. The minimum absolute atomic E-state index is 0.0183. The maximum absolute atomic E-state index is 12.7. The minimum Gasteiger partial charge on any atom is -0.493 e. The molecule has 2 aromatic rings. The van der Waals surface area contributed by atoms with Crippen LogP contribution in [-0.4, -0.2) is 56.2 Å². The molecule has 0 spiro atoms. The van der Waals surface area contributed by atoms with Crippen molar-refractivity contribution < 1.29 is 14.3 Å². The van der Waals surface area contributed by atoms with E-state index in [-0.39, 0.29) is 5.91 Å². The number of hydrogen-bond acceptors (Lipinski definition) is 6. The highest BCUT2D eigenvalue weighted by Crippen LogP contribution is 2.28. The van der Waals surface area contributed by atoms with E-state index in [0.717, 1.165) is 18.2 Å². The molecule has 2 heterocycles. The van der Waals surface area contributed by atoms with Crippen molar-refractivity contribution in [3.63, 3.8) is 0 Å². The second-order valence-corrected chi connectivity index (χ2v) is 6.04. The smallest absolute Gasteiger partial charge is 0.254 e. The summed E-state index contributed by atoms with van der Waals surface area (Å²) in [6.45, 7) is 2.97. The van der Waals surface area contributed by atoms with Gasteiger partial charge in [0, 0.05) is 43.3 Å². The maximum Gasteiger partial charge on any atom is 0.254 e. The second kappa shape index (κ2) is 6.87. The molecule has 0 aliphatic carbocycles. The standard InChI is InChI=1S/C16H19N3O3S/c1-21-13-4-3-12(11-14(13)22-2)15(20)18-6-8-19(9-7-18)16-17-5-10-23-16/h3-5,10-11H,6-9H2,1-2H3. The van der Waals surface area contributed by atoms with Crippen LogP contribution in [0.4, 0.5) is 5.13 Å². The van der Waals surface area contributed by atoms with Gasteiger partial charge in [-0.2, -0.15) is 0 Å².